The van der Waals surface area contributed by atoms with Crippen molar-refractivity contribution >= 4 is 43.4 Å². The highest BCUT2D eigenvalue weighted by atomic mass is 15.1. The molecule has 0 spiro atoms. The largest absolute Gasteiger partial charge is 0.292 e. The predicted molar refractivity (Wildman–Crippen MR) is 241 cm³/mol. The molecule has 57 heavy (non-hydrogen) atoms. The Morgan fingerprint density at radius 1 is 0.316 bits per heavy atom. The number of rotatable bonds is 6. The van der Waals surface area contributed by atoms with Crippen LogP contribution in [0.1, 0.15) is 0 Å². The van der Waals surface area contributed by atoms with Gasteiger partial charge in [0.1, 0.15) is 5.82 Å². The minimum Gasteiger partial charge on any atom is -0.292 e. The summed E-state index contributed by atoms with van der Waals surface area (Å²) in [6.07, 6.45) is 0. The molecule has 0 unspecified atom stereocenters. The predicted octanol–water partition coefficient (Wildman–Crippen LogP) is 14.8. The smallest absolute Gasteiger partial charge is 0.146 e. The number of imidazole rings is 1. The zero-order valence-electron chi connectivity index (χ0n) is 31.2. The Balaban J connectivity index is 1.16. The van der Waals surface area contributed by atoms with Crippen molar-refractivity contribution in [2.24, 2.45) is 0 Å². The van der Waals surface area contributed by atoms with E-state index in [-0.39, 0.29) is 0 Å². The van der Waals surface area contributed by atoms with Crippen LogP contribution in [0, 0.1) is 0 Å². The van der Waals surface area contributed by atoms with Crippen LogP contribution in [-0.4, -0.2) is 9.55 Å². The molecule has 0 saturated carbocycles. The standard InChI is InChI=1S/C55H36N2/c1-4-16-37(17-5-1)41-30-32-49(50(35-41)39-19-6-2-7-20-39)55-56-51-36-43(31-33-52(51)57(55)44-22-8-3-9-23-44)54-47-26-14-12-24-45(47)53(46-25-13-15-27-48(46)54)42-29-28-38-18-10-11-21-40(38)34-42/h1-36H. The molecule has 0 fully saturated rings. The third-order valence-electron chi connectivity index (χ3n) is 11.4. The second-order valence-corrected chi connectivity index (χ2v) is 14.7. The van der Waals surface area contributed by atoms with Gasteiger partial charge in [-0.05, 0) is 119 Å². The third-order valence-corrected chi connectivity index (χ3v) is 11.4. The van der Waals surface area contributed by atoms with E-state index in [0.29, 0.717) is 0 Å². The zero-order chi connectivity index (χ0) is 37.7. The van der Waals surface area contributed by atoms with Gasteiger partial charge in [-0.15, -0.1) is 0 Å². The van der Waals surface area contributed by atoms with Crippen LogP contribution in [0.2, 0.25) is 0 Å². The number of nitrogens with zero attached hydrogens (tertiary/aromatic N) is 2. The zero-order valence-corrected chi connectivity index (χ0v) is 31.2. The van der Waals surface area contributed by atoms with Gasteiger partial charge in [0.05, 0.1) is 11.0 Å². The van der Waals surface area contributed by atoms with Gasteiger partial charge in [0, 0.05) is 11.3 Å². The molecule has 1 heterocycles. The van der Waals surface area contributed by atoms with Crippen LogP contribution in [0.5, 0.6) is 0 Å². The molecule has 10 aromatic carbocycles. The molecule has 0 atom stereocenters. The van der Waals surface area contributed by atoms with Crippen LogP contribution in [0.25, 0.3) is 105 Å². The molecule has 0 saturated heterocycles. The van der Waals surface area contributed by atoms with Crippen molar-refractivity contribution in [2.45, 2.75) is 0 Å². The Morgan fingerprint density at radius 3 is 1.47 bits per heavy atom. The number of benzene rings is 10. The van der Waals surface area contributed by atoms with Gasteiger partial charge >= 0.3 is 0 Å². The van der Waals surface area contributed by atoms with Gasteiger partial charge in [0.2, 0.25) is 0 Å². The Kier molecular flexibility index (Phi) is 7.86. The monoisotopic (exact) mass is 724 g/mol. The van der Waals surface area contributed by atoms with Crippen LogP contribution in [0.4, 0.5) is 0 Å². The highest BCUT2D eigenvalue weighted by Gasteiger charge is 2.21. The molecular weight excluding hydrogens is 689 g/mol. The minimum atomic E-state index is 0.910. The van der Waals surface area contributed by atoms with E-state index in [1.54, 1.807) is 0 Å². The summed E-state index contributed by atoms with van der Waals surface area (Å²) in [4.78, 5) is 5.55. The van der Waals surface area contributed by atoms with E-state index in [2.05, 4.69) is 223 Å². The fourth-order valence-corrected chi connectivity index (χ4v) is 8.76. The summed E-state index contributed by atoms with van der Waals surface area (Å²) in [6, 6.07) is 78.8. The Morgan fingerprint density at radius 2 is 0.825 bits per heavy atom. The summed E-state index contributed by atoms with van der Waals surface area (Å²) in [5, 5.41) is 7.42. The van der Waals surface area contributed by atoms with Gasteiger partial charge in [0.15, 0.2) is 0 Å². The summed E-state index contributed by atoms with van der Waals surface area (Å²) < 4.78 is 2.32. The molecule has 0 N–H and O–H groups in total. The van der Waals surface area contributed by atoms with Crippen LogP contribution < -0.4 is 0 Å². The minimum absolute atomic E-state index is 0.910. The van der Waals surface area contributed by atoms with Gasteiger partial charge in [-0.25, -0.2) is 4.98 Å². The van der Waals surface area contributed by atoms with Gasteiger partial charge < -0.3 is 0 Å². The van der Waals surface area contributed by atoms with Gasteiger partial charge in [-0.3, -0.25) is 4.57 Å². The van der Waals surface area contributed by atoms with Crippen molar-refractivity contribution in [1.29, 1.82) is 0 Å². The first-order valence-corrected chi connectivity index (χ1v) is 19.5. The lowest BCUT2D eigenvalue weighted by Crippen LogP contribution is -1.99. The molecule has 0 aliphatic rings. The summed E-state index contributed by atoms with van der Waals surface area (Å²) in [5.74, 6) is 0.910. The molecule has 11 aromatic rings. The Hall–Kier alpha value is -7.55. The summed E-state index contributed by atoms with van der Waals surface area (Å²) in [6.45, 7) is 0. The van der Waals surface area contributed by atoms with E-state index in [4.69, 9.17) is 4.98 Å². The summed E-state index contributed by atoms with van der Waals surface area (Å²) >= 11 is 0. The lowest BCUT2D eigenvalue weighted by atomic mass is 9.85. The normalized spacial score (nSPS) is 11.5. The molecule has 11 rings (SSSR count). The van der Waals surface area contributed by atoms with E-state index < -0.39 is 0 Å². The fourth-order valence-electron chi connectivity index (χ4n) is 8.76. The Labute approximate surface area is 331 Å². The molecule has 2 nitrogen and oxygen atoms in total. The number of hydrogen-bond donors (Lipinski definition) is 0. The number of fused-ring (bicyclic) bond motifs is 4. The summed E-state index contributed by atoms with van der Waals surface area (Å²) in [5.41, 5.74) is 13.7. The average molecular weight is 725 g/mol. The van der Waals surface area contributed by atoms with Crippen molar-refractivity contribution in [1.82, 2.24) is 9.55 Å². The molecule has 266 valence electrons. The molecule has 0 bridgehead atoms. The van der Waals surface area contributed by atoms with E-state index in [0.717, 1.165) is 44.8 Å². The van der Waals surface area contributed by atoms with Crippen LogP contribution in [0.3, 0.4) is 0 Å². The van der Waals surface area contributed by atoms with Gasteiger partial charge in [-0.2, -0.15) is 0 Å². The van der Waals surface area contributed by atoms with Crippen molar-refractivity contribution in [3.63, 3.8) is 0 Å². The SMILES string of the molecule is c1ccc(-c2ccc(-c3nc4cc(-c5c6ccccc6c(-c6ccc7ccccc7c6)c6ccccc56)ccc4n3-c3ccccc3)c(-c3ccccc3)c2)cc1. The first kappa shape index (κ1) is 32.8. The molecular formula is C55H36N2. The van der Waals surface area contributed by atoms with Crippen LogP contribution >= 0.6 is 0 Å². The maximum atomic E-state index is 5.55. The Bertz CT molecular complexity index is 3210. The van der Waals surface area contributed by atoms with Gasteiger partial charge in [0.25, 0.3) is 0 Å². The van der Waals surface area contributed by atoms with E-state index >= 15 is 0 Å². The van der Waals surface area contributed by atoms with Crippen molar-refractivity contribution in [2.75, 3.05) is 0 Å². The average Bonchev–Trinajstić information content (AvgIpc) is 3.67. The lowest BCUT2D eigenvalue weighted by molar-refractivity contribution is 1.10. The number of hydrogen-bond acceptors (Lipinski definition) is 1. The number of aromatic nitrogens is 2. The van der Waals surface area contributed by atoms with E-state index in [1.165, 1.54) is 60.1 Å². The van der Waals surface area contributed by atoms with Crippen LogP contribution in [-0.2, 0) is 0 Å². The first-order valence-electron chi connectivity index (χ1n) is 19.5. The second kappa shape index (κ2) is 13.6. The quantitative estimate of drug-likeness (QED) is 0.156. The van der Waals surface area contributed by atoms with E-state index in [9.17, 15) is 0 Å². The maximum absolute atomic E-state index is 5.55. The van der Waals surface area contributed by atoms with Gasteiger partial charge in [-0.1, -0.05) is 176 Å². The fraction of sp³-hybridized carbons (Fsp3) is 0. The van der Waals surface area contributed by atoms with Crippen molar-refractivity contribution < 1.29 is 0 Å². The molecule has 0 amide bonds. The van der Waals surface area contributed by atoms with Crippen molar-refractivity contribution in [3.8, 4) is 61.6 Å². The molecule has 0 radical (unpaired) electrons. The highest BCUT2D eigenvalue weighted by Crippen LogP contribution is 2.45. The summed E-state index contributed by atoms with van der Waals surface area (Å²) in [7, 11) is 0. The molecule has 2 heteroatoms. The number of para-hydroxylation sites is 1. The van der Waals surface area contributed by atoms with Crippen LogP contribution in [0.15, 0.2) is 218 Å². The second-order valence-electron chi connectivity index (χ2n) is 14.7. The molecule has 1 aromatic heterocycles. The lowest BCUT2D eigenvalue weighted by Gasteiger charge is -2.18. The first-order chi connectivity index (χ1) is 28.3. The topological polar surface area (TPSA) is 17.8 Å². The third kappa shape index (κ3) is 5.61. The molecule has 0 aliphatic carbocycles. The van der Waals surface area contributed by atoms with E-state index in [1.807, 2.05) is 0 Å². The highest BCUT2D eigenvalue weighted by molar-refractivity contribution is 6.22. The molecule has 0 aliphatic heterocycles. The van der Waals surface area contributed by atoms with Crippen molar-refractivity contribution in [3.05, 3.63) is 218 Å². The maximum Gasteiger partial charge on any atom is 0.146 e.